The van der Waals surface area contributed by atoms with E-state index >= 15 is 0 Å². The van der Waals surface area contributed by atoms with Gasteiger partial charge in [0, 0.05) is 24.7 Å². The van der Waals surface area contributed by atoms with Crippen LogP contribution < -0.4 is 10.1 Å². The first-order valence-electron chi connectivity index (χ1n) is 8.72. The summed E-state index contributed by atoms with van der Waals surface area (Å²) < 4.78 is 45.4. The molecule has 1 N–H and O–H groups in total. The number of anilines is 1. The number of amides is 1. The number of halogens is 2. The van der Waals surface area contributed by atoms with Crippen molar-refractivity contribution in [1.29, 1.82) is 0 Å². The SMILES string of the molecule is COc1ccc(NC(=O)C2CCN(S(=O)(=O)c3ccccc3F)CC2)cc1Cl. The first kappa shape index (κ1) is 20.6. The lowest BCUT2D eigenvalue weighted by atomic mass is 9.97. The summed E-state index contributed by atoms with van der Waals surface area (Å²) in [5.41, 5.74) is 0.539. The first-order chi connectivity index (χ1) is 13.3. The maximum absolute atomic E-state index is 13.9. The molecule has 1 amide bonds. The minimum atomic E-state index is -3.92. The largest absolute Gasteiger partial charge is 0.495 e. The summed E-state index contributed by atoms with van der Waals surface area (Å²) in [6.45, 7) is 0.302. The van der Waals surface area contributed by atoms with Gasteiger partial charge in [-0.2, -0.15) is 4.31 Å². The highest BCUT2D eigenvalue weighted by molar-refractivity contribution is 7.89. The molecule has 0 atom stereocenters. The van der Waals surface area contributed by atoms with Crippen LogP contribution in [-0.2, 0) is 14.8 Å². The molecule has 0 aliphatic carbocycles. The quantitative estimate of drug-likeness (QED) is 0.793. The van der Waals surface area contributed by atoms with E-state index in [1.807, 2.05) is 0 Å². The van der Waals surface area contributed by atoms with Gasteiger partial charge < -0.3 is 10.1 Å². The average Bonchev–Trinajstić information content (AvgIpc) is 2.68. The number of hydrogen-bond acceptors (Lipinski definition) is 4. The third kappa shape index (κ3) is 4.29. The molecule has 1 aliphatic rings. The first-order valence-corrected chi connectivity index (χ1v) is 10.5. The van der Waals surface area contributed by atoms with Gasteiger partial charge in [0.25, 0.3) is 0 Å². The fraction of sp³-hybridized carbons (Fsp3) is 0.316. The lowest BCUT2D eigenvalue weighted by Gasteiger charge is -2.30. The van der Waals surface area contributed by atoms with Crippen LogP contribution in [0.5, 0.6) is 5.75 Å². The molecule has 2 aromatic carbocycles. The Hall–Kier alpha value is -2.16. The zero-order valence-electron chi connectivity index (χ0n) is 15.2. The van der Waals surface area contributed by atoms with Crippen molar-refractivity contribution in [3.63, 3.8) is 0 Å². The van der Waals surface area contributed by atoms with E-state index in [0.717, 1.165) is 6.07 Å². The minimum absolute atomic E-state index is 0.151. The Morgan fingerprint density at radius 2 is 1.89 bits per heavy atom. The van der Waals surface area contributed by atoms with Crippen LogP contribution in [-0.4, -0.2) is 38.8 Å². The number of rotatable bonds is 5. The average molecular weight is 427 g/mol. The Balaban J connectivity index is 1.63. The summed E-state index contributed by atoms with van der Waals surface area (Å²) in [5, 5.41) is 3.17. The number of hydrogen-bond donors (Lipinski definition) is 1. The van der Waals surface area contributed by atoms with Gasteiger partial charge >= 0.3 is 0 Å². The lowest BCUT2D eigenvalue weighted by Crippen LogP contribution is -2.41. The summed E-state index contributed by atoms with van der Waals surface area (Å²) in [6.07, 6.45) is 0.701. The van der Waals surface area contributed by atoms with Gasteiger partial charge in [-0.1, -0.05) is 23.7 Å². The number of carbonyl (C=O) groups is 1. The van der Waals surface area contributed by atoms with Crippen LogP contribution in [0.4, 0.5) is 10.1 Å². The van der Waals surface area contributed by atoms with E-state index in [2.05, 4.69) is 5.32 Å². The molecule has 1 heterocycles. The van der Waals surface area contributed by atoms with Crippen LogP contribution in [0.3, 0.4) is 0 Å². The molecule has 3 rings (SSSR count). The van der Waals surface area contributed by atoms with Crippen LogP contribution in [0.25, 0.3) is 0 Å². The van der Waals surface area contributed by atoms with Crippen LogP contribution in [0.2, 0.25) is 5.02 Å². The Bertz CT molecular complexity index is 976. The molecule has 1 fully saturated rings. The number of nitrogens with one attached hydrogen (secondary N) is 1. The second kappa shape index (κ2) is 8.46. The second-order valence-electron chi connectivity index (χ2n) is 6.45. The molecule has 0 saturated carbocycles. The molecule has 0 spiro atoms. The van der Waals surface area contributed by atoms with Crippen molar-refractivity contribution >= 4 is 33.2 Å². The maximum Gasteiger partial charge on any atom is 0.245 e. The Kier molecular flexibility index (Phi) is 6.22. The van der Waals surface area contributed by atoms with Gasteiger partial charge in [0.05, 0.1) is 12.1 Å². The van der Waals surface area contributed by atoms with Gasteiger partial charge in [-0.05, 0) is 43.2 Å². The number of ether oxygens (including phenoxy) is 1. The molecular weight excluding hydrogens is 407 g/mol. The predicted octanol–water partition coefficient (Wildman–Crippen LogP) is 3.53. The molecule has 6 nitrogen and oxygen atoms in total. The number of carbonyl (C=O) groups excluding carboxylic acids is 1. The monoisotopic (exact) mass is 426 g/mol. The Labute approximate surface area is 168 Å². The van der Waals surface area contributed by atoms with E-state index in [1.165, 1.54) is 29.6 Å². The van der Waals surface area contributed by atoms with E-state index in [1.54, 1.807) is 18.2 Å². The highest BCUT2D eigenvalue weighted by Crippen LogP contribution is 2.29. The molecule has 1 saturated heterocycles. The molecule has 0 unspecified atom stereocenters. The topological polar surface area (TPSA) is 75.7 Å². The van der Waals surface area contributed by atoms with Crippen molar-refractivity contribution in [2.45, 2.75) is 17.7 Å². The van der Waals surface area contributed by atoms with Gasteiger partial charge in [-0.15, -0.1) is 0 Å². The van der Waals surface area contributed by atoms with Crippen molar-refractivity contribution in [1.82, 2.24) is 4.31 Å². The van der Waals surface area contributed by atoms with Gasteiger partial charge in [0.2, 0.25) is 15.9 Å². The summed E-state index contributed by atoms with van der Waals surface area (Å²) in [4.78, 5) is 12.2. The van der Waals surface area contributed by atoms with E-state index in [4.69, 9.17) is 16.3 Å². The summed E-state index contributed by atoms with van der Waals surface area (Å²) in [5.74, 6) is -0.817. The number of methoxy groups -OCH3 is 1. The molecule has 1 aliphatic heterocycles. The lowest BCUT2D eigenvalue weighted by molar-refractivity contribution is -0.120. The van der Waals surface area contributed by atoms with Crippen LogP contribution >= 0.6 is 11.6 Å². The number of sulfonamides is 1. The molecular formula is C19H20ClFN2O4S. The molecule has 9 heteroatoms. The van der Waals surface area contributed by atoms with Crippen molar-refractivity contribution in [2.75, 3.05) is 25.5 Å². The summed E-state index contributed by atoms with van der Waals surface area (Å²) in [7, 11) is -2.42. The molecule has 0 radical (unpaired) electrons. The number of nitrogens with zero attached hydrogens (tertiary/aromatic N) is 1. The van der Waals surface area contributed by atoms with Crippen LogP contribution in [0.1, 0.15) is 12.8 Å². The molecule has 2 aromatic rings. The molecule has 0 aromatic heterocycles. The molecule has 28 heavy (non-hydrogen) atoms. The Morgan fingerprint density at radius 1 is 1.21 bits per heavy atom. The van der Waals surface area contributed by atoms with Gasteiger partial charge in [-0.25, -0.2) is 12.8 Å². The zero-order chi connectivity index (χ0) is 20.3. The van der Waals surface area contributed by atoms with Crippen molar-refractivity contribution < 1.29 is 22.3 Å². The van der Waals surface area contributed by atoms with Gasteiger partial charge in [0.15, 0.2) is 0 Å². The third-order valence-electron chi connectivity index (χ3n) is 4.70. The maximum atomic E-state index is 13.9. The smallest absolute Gasteiger partial charge is 0.245 e. The fourth-order valence-corrected chi connectivity index (χ4v) is 4.93. The second-order valence-corrected chi connectivity index (χ2v) is 8.76. The molecule has 0 bridgehead atoms. The van der Waals surface area contributed by atoms with Crippen LogP contribution in [0.15, 0.2) is 47.4 Å². The van der Waals surface area contributed by atoms with E-state index in [-0.39, 0.29) is 29.8 Å². The number of benzene rings is 2. The minimum Gasteiger partial charge on any atom is -0.495 e. The van der Waals surface area contributed by atoms with Gasteiger partial charge in [-0.3, -0.25) is 4.79 Å². The Morgan fingerprint density at radius 3 is 2.50 bits per heavy atom. The normalized spacial score (nSPS) is 16.0. The zero-order valence-corrected chi connectivity index (χ0v) is 16.8. The van der Waals surface area contributed by atoms with E-state index in [0.29, 0.717) is 29.3 Å². The standard InChI is InChI=1S/C19H20ClFN2O4S/c1-27-17-7-6-14(12-15(17)20)22-19(24)13-8-10-23(11-9-13)28(25,26)18-5-3-2-4-16(18)21/h2-7,12-13H,8-11H2,1H3,(H,22,24). The summed E-state index contributed by atoms with van der Waals surface area (Å²) in [6, 6.07) is 10.2. The van der Waals surface area contributed by atoms with Crippen molar-refractivity contribution in [2.24, 2.45) is 5.92 Å². The predicted molar refractivity (Wildman–Crippen MR) is 105 cm³/mol. The fourth-order valence-electron chi connectivity index (χ4n) is 3.14. The van der Waals surface area contributed by atoms with E-state index < -0.39 is 15.8 Å². The molecule has 150 valence electrons. The highest BCUT2D eigenvalue weighted by atomic mass is 35.5. The number of piperidine rings is 1. The van der Waals surface area contributed by atoms with Crippen LogP contribution in [0, 0.1) is 11.7 Å². The van der Waals surface area contributed by atoms with Gasteiger partial charge in [0.1, 0.15) is 16.5 Å². The third-order valence-corrected chi connectivity index (χ3v) is 6.93. The van der Waals surface area contributed by atoms with Crippen molar-refractivity contribution in [3.8, 4) is 5.75 Å². The highest BCUT2D eigenvalue weighted by Gasteiger charge is 2.33. The summed E-state index contributed by atoms with van der Waals surface area (Å²) >= 11 is 6.06. The van der Waals surface area contributed by atoms with E-state index in [9.17, 15) is 17.6 Å². The van der Waals surface area contributed by atoms with Crippen molar-refractivity contribution in [3.05, 3.63) is 53.3 Å².